The van der Waals surface area contributed by atoms with Crippen molar-refractivity contribution in [1.29, 1.82) is 0 Å². The first-order valence-electron chi connectivity index (χ1n) is 5.10. The fraction of sp³-hybridized carbons (Fsp3) is 0.700. The van der Waals surface area contributed by atoms with Gasteiger partial charge < -0.3 is 15.1 Å². The second-order valence-electron chi connectivity index (χ2n) is 3.58. The second-order valence-corrected chi connectivity index (χ2v) is 3.58. The van der Waals surface area contributed by atoms with Crippen LogP contribution < -0.4 is 0 Å². The minimum absolute atomic E-state index is 0.0509. The van der Waals surface area contributed by atoms with Crippen molar-refractivity contribution in [3.63, 3.8) is 0 Å². The van der Waals surface area contributed by atoms with Crippen molar-refractivity contribution in [2.45, 2.75) is 26.7 Å². The van der Waals surface area contributed by atoms with Crippen molar-refractivity contribution in [2.75, 3.05) is 13.1 Å². The first-order valence-corrected chi connectivity index (χ1v) is 5.10. The molecule has 0 aliphatic rings. The number of hydrogen-bond acceptors (Lipinski definition) is 3. The zero-order valence-corrected chi connectivity index (χ0v) is 9.47. The molecule has 0 bridgehead atoms. The lowest BCUT2D eigenvalue weighted by Gasteiger charge is -2.23. The van der Waals surface area contributed by atoms with Crippen LogP contribution in [0.25, 0.3) is 0 Å². The molecule has 0 aromatic carbocycles. The zero-order chi connectivity index (χ0) is 12.7. The van der Waals surface area contributed by atoms with Crippen LogP contribution in [0.4, 0.5) is 0 Å². The second kappa shape index (κ2) is 6.81. The summed E-state index contributed by atoms with van der Waals surface area (Å²) in [5, 5.41) is 17.2. The predicted molar refractivity (Wildman–Crippen MR) is 55.9 cm³/mol. The van der Waals surface area contributed by atoms with Crippen LogP contribution in [0.5, 0.6) is 0 Å². The van der Waals surface area contributed by atoms with E-state index in [9.17, 15) is 14.4 Å². The van der Waals surface area contributed by atoms with E-state index in [2.05, 4.69) is 0 Å². The summed E-state index contributed by atoms with van der Waals surface area (Å²) in [6.07, 6.45) is 0.0734. The van der Waals surface area contributed by atoms with Gasteiger partial charge in [-0.05, 0) is 0 Å². The van der Waals surface area contributed by atoms with Crippen LogP contribution in [0.1, 0.15) is 26.7 Å². The lowest BCUT2D eigenvalue weighted by atomic mass is 10.1. The van der Waals surface area contributed by atoms with Crippen molar-refractivity contribution in [1.82, 2.24) is 4.90 Å². The minimum atomic E-state index is -1.00. The molecular weight excluding hydrogens is 214 g/mol. The van der Waals surface area contributed by atoms with E-state index in [4.69, 9.17) is 10.2 Å². The zero-order valence-electron chi connectivity index (χ0n) is 9.47. The average Bonchev–Trinajstić information content (AvgIpc) is 2.22. The predicted octanol–water partition coefficient (Wildman–Crippen LogP) is 0.420. The number of hydrogen-bond donors (Lipinski definition) is 2. The molecule has 0 saturated heterocycles. The van der Waals surface area contributed by atoms with E-state index in [1.807, 2.05) is 0 Å². The van der Waals surface area contributed by atoms with Gasteiger partial charge in [-0.3, -0.25) is 14.4 Å². The molecule has 6 nitrogen and oxygen atoms in total. The summed E-state index contributed by atoms with van der Waals surface area (Å²) in [6.45, 7) is 3.25. The SMILES string of the molecule is CCC(=O)N(CCC(=O)O)CC(C)C(=O)O. The maximum atomic E-state index is 11.4. The Hall–Kier alpha value is -1.59. The maximum absolute atomic E-state index is 11.4. The minimum Gasteiger partial charge on any atom is -0.481 e. The highest BCUT2D eigenvalue weighted by molar-refractivity contribution is 5.78. The Kier molecular flexibility index (Phi) is 6.14. The van der Waals surface area contributed by atoms with Crippen LogP contribution >= 0.6 is 0 Å². The van der Waals surface area contributed by atoms with Gasteiger partial charge in [-0.15, -0.1) is 0 Å². The molecule has 0 rings (SSSR count). The Morgan fingerprint density at radius 1 is 1.25 bits per heavy atom. The van der Waals surface area contributed by atoms with Gasteiger partial charge in [0.2, 0.25) is 5.91 Å². The average molecular weight is 231 g/mol. The first-order chi connectivity index (χ1) is 7.38. The highest BCUT2D eigenvalue weighted by Crippen LogP contribution is 2.04. The number of carboxylic acids is 2. The number of aliphatic carboxylic acids is 2. The van der Waals surface area contributed by atoms with Gasteiger partial charge >= 0.3 is 11.9 Å². The van der Waals surface area contributed by atoms with Crippen molar-refractivity contribution in [3.05, 3.63) is 0 Å². The number of amides is 1. The summed E-state index contributed by atoms with van der Waals surface area (Å²) >= 11 is 0. The fourth-order valence-corrected chi connectivity index (χ4v) is 1.18. The first kappa shape index (κ1) is 14.4. The Morgan fingerprint density at radius 3 is 2.19 bits per heavy atom. The van der Waals surface area contributed by atoms with Gasteiger partial charge in [0, 0.05) is 19.5 Å². The maximum Gasteiger partial charge on any atom is 0.308 e. The summed E-state index contributed by atoms with van der Waals surface area (Å²) < 4.78 is 0. The molecule has 0 aliphatic carbocycles. The Balaban J connectivity index is 4.37. The topological polar surface area (TPSA) is 94.9 Å². The lowest BCUT2D eigenvalue weighted by molar-refractivity contribution is -0.143. The van der Waals surface area contributed by atoms with Crippen molar-refractivity contribution in [2.24, 2.45) is 5.92 Å². The molecule has 1 unspecified atom stereocenters. The molecular formula is C10H17NO5. The quantitative estimate of drug-likeness (QED) is 0.662. The molecule has 0 radical (unpaired) electrons. The molecule has 92 valence electrons. The summed E-state index contributed by atoms with van der Waals surface area (Å²) in [5.74, 6) is -2.92. The molecule has 1 atom stereocenters. The van der Waals surface area contributed by atoms with Gasteiger partial charge in [-0.25, -0.2) is 0 Å². The molecule has 0 aromatic rings. The van der Waals surface area contributed by atoms with Gasteiger partial charge in [-0.2, -0.15) is 0 Å². The largest absolute Gasteiger partial charge is 0.481 e. The third kappa shape index (κ3) is 5.33. The standard InChI is InChI=1S/C10H17NO5/c1-3-8(12)11(5-4-9(13)14)6-7(2)10(15)16/h7H,3-6H2,1-2H3,(H,13,14)(H,15,16). The number of carboxylic acid groups (broad SMARTS) is 2. The Labute approximate surface area is 93.9 Å². The lowest BCUT2D eigenvalue weighted by Crippen LogP contribution is -2.37. The van der Waals surface area contributed by atoms with Crippen molar-refractivity contribution in [3.8, 4) is 0 Å². The summed E-state index contributed by atoms with van der Waals surface area (Å²) in [6, 6.07) is 0. The van der Waals surface area contributed by atoms with Crippen LogP contribution in [0.2, 0.25) is 0 Å². The number of rotatable bonds is 7. The van der Waals surface area contributed by atoms with Crippen molar-refractivity contribution < 1.29 is 24.6 Å². The van der Waals surface area contributed by atoms with E-state index in [-0.39, 0.29) is 31.8 Å². The molecule has 6 heteroatoms. The molecule has 0 fully saturated rings. The van der Waals surface area contributed by atoms with Crippen LogP contribution in [0.15, 0.2) is 0 Å². The third-order valence-electron chi connectivity index (χ3n) is 2.17. The van der Waals surface area contributed by atoms with Gasteiger partial charge in [-0.1, -0.05) is 13.8 Å². The monoisotopic (exact) mass is 231 g/mol. The normalized spacial score (nSPS) is 11.9. The molecule has 0 heterocycles. The number of nitrogens with zero attached hydrogens (tertiary/aromatic N) is 1. The van der Waals surface area contributed by atoms with Crippen molar-refractivity contribution >= 4 is 17.8 Å². The van der Waals surface area contributed by atoms with Crippen LogP contribution in [0.3, 0.4) is 0 Å². The summed E-state index contributed by atoms with van der Waals surface area (Å²) in [5.41, 5.74) is 0. The highest BCUT2D eigenvalue weighted by atomic mass is 16.4. The molecule has 16 heavy (non-hydrogen) atoms. The van der Waals surface area contributed by atoms with Gasteiger partial charge in [0.15, 0.2) is 0 Å². The van der Waals surface area contributed by atoms with E-state index in [0.29, 0.717) is 0 Å². The van der Waals surface area contributed by atoms with Crippen LogP contribution in [-0.4, -0.2) is 46.0 Å². The number of carbonyl (C=O) groups is 3. The van der Waals surface area contributed by atoms with Gasteiger partial charge in [0.1, 0.15) is 0 Å². The fourth-order valence-electron chi connectivity index (χ4n) is 1.18. The molecule has 0 aromatic heterocycles. The van der Waals surface area contributed by atoms with E-state index in [1.54, 1.807) is 6.92 Å². The molecule has 2 N–H and O–H groups in total. The van der Waals surface area contributed by atoms with E-state index < -0.39 is 17.9 Å². The molecule has 0 saturated carbocycles. The van der Waals surface area contributed by atoms with Crippen LogP contribution in [0, 0.1) is 5.92 Å². The Bertz CT molecular complexity index is 276. The van der Waals surface area contributed by atoms with Gasteiger partial charge in [0.25, 0.3) is 0 Å². The summed E-state index contributed by atoms with van der Waals surface area (Å²) in [7, 11) is 0. The highest BCUT2D eigenvalue weighted by Gasteiger charge is 2.19. The van der Waals surface area contributed by atoms with E-state index in [1.165, 1.54) is 11.8 Å². The third-order valence-corrected chi connectivity index (χ3v) is 2.17. The van der Waals surface area contributed by atoms with Gasteiger partial charge in [0.05, 0.1) is 12.3 Å². The van der Waals surface area contributed by atoms with E-state index >= 15 is 0 Å². The smallest absolute Gasteiger partial charge is 0.308 e. The molecule has 0 aliphatic heterocycles. The summed E-state index contributed by atoms with van der Waals surface area (Å²) in [4.78, 5) is 33.7. The molecule has 1 amide bonds. The van der Waals surface area contributed by atoms with E-state index in [0.717, 1.165) is 0 Å². The molecule has 0 spiro atoms. The number of carbonyl (C=O) groups excluding carboxylic acids is 1. The Morgan fingerprint density at radius 2 is 1.81 bits per heavy atom. The van der Waals surface area contributed by atoms with Crippen LogP contribution in [-0.2, 0) is 14.4 Å².